The first-order valence-electron chi connectivity index (χ1n) is 10.8. The molecule has 1 N–H and O–H groups in total. The maximum absolute atomic E-state index is 5.96. The second-order valence-electron chi connectivity index (χ2n) is 8.29. The number of nitrogens with one attached hydrogen (secondary N) is 1. The highest BCUT2D eigenvalue weighted by Gasteiger charge is 2.42. The summed E-state index contributed by atoms with van der Waals surface area (Å²) in [6, 6.07) is 12.4. The minimum atomic E-state index is -0.0158. The number of hydrogen-bond acceptors (Lipinski definition) is 4. The summed E-state index contributed by atoms with van der Waals surface area (Å²) in [6.07, 6.45) is 7.96. The van der Waals surface area contributed by atoms with E-state index in [1.165, 1.54) is 17.0 Å². The van der Waals surface area contributed by atoms with E-state index in [0.717, 1.165) is 42.5 Å². The molecule has 5 rings (SSSR count). The molecule has 0 aliphatic carbocycles. The van der Waals surface area contributed by atoms with Crippen LogP contribution in [-0.4, -0.2) is 43.8 Å². The van der Waals surface area contributed by atoms with Crippen molar-refractivity contribution in [3.05, 3.63) is 77.6 Å². The first-order valence-corrected chi connectivity index (χ1v) is 11.2. The van der Waals surface area contributed by atoms with Crippen molar-refractivity contribution in [1.29, 1.82) is 0 Å². The summed E-state index contributed by atoms with van der Waals surface area (Å²) >= 11 is 5.82. The molecule has 0 amide bonds. The van der Waals surface area contributed by atoms with E-state index < -0.39 is 0 Å². The number of nitrogens with zero attached hydrogens (tertiary/aromatic N) is 4. The highest BCUT2D eigenvalue weighted by molar-refractivity contribution is 7.80. The third kappa shape index (κ3) is 3.72. The molecule has 0 aromatic carbocycles. The summed E-state index contributed by atoms with van der Waals surface area (Å²) in [4.78, 5) is 11.3. The van der Waals surface area contributed by atoms with Crippen molar-refractivity contribution in [2.45, 2.75) is 44.9 Å². The van der Waals surface area contributed by atoms with Crippen LogP contribution in [0, 0.1) is 13.8 Å². The Hall–Kier alpha value is -2.77. The molecule has 7 heteroatoms. The molecule has 5 heterocycles. The normalized spacial score (nSPS) is 23.4. The standard InChI is InChI=1S/C24H27N5OS/c1-16-13-20(17(2)29(16)18-7-5-10-25-14-18)23-22(21-9-3-4-11-26-21)27-24(31)28(23)15-19-8-6-12-30-19/h3-5,7,9-11,13-14,19,22-23H,6,8,12,15H2,1-2H3,(H,27,31). The van der Waals surface area contributed by atoms with Crippen LogP contribution < -0.4 is 5.32 Å². The fourth-order valence-corrected chi connectivity index (χ4v) is 5.23. The van der Waals surface area contributed by atoms with Crippen molar-refractivity contribution in [2.24, 2.45) is 0 Å². The molecule has 2 aliphatic heterocycles. The number of ether oxygens (including phenoxy) is 1. The summed E-state index contributed by atoms with van der Waals surface area (Å²) in [7, 11) is 0. The number of aryl methyl sites for hydroxylation is 1. The van der Waals surface area contributed by atoms with Gasteiger partial charge in [0.1, 0.15) is 0 Å². The van der Waals surface area contributed by atoms with Gasteiger partial charge in [-0.05, 0) is 74.8 Å². The minimum Gasteiger partial charge on any atom is -0.376 e. The van der Waals surface area contributed by atoms with Crippen LogP contribution >= 0.6 is 12.2 Å². The molecule has 3 aromatic rings. The number of pyridine rings is 2. The Balaban J connectivity index is 1.59. The van der Waals surface area contributed by atoms with E-state index >= 15 is 0 Å². The zero-order chi connectivity index (χ0) is 21.4. The number of hydrogen-bond donors (Lipinski definition) is 1. The quantitative estimate of drug-likeness (QED) is 0.613. The van der Waals surface area contributed by atoms with E-state index in [1.54, 1.807) is 6.20 Å². The maximum Gasteiger partial charge on any atom is 0.170 e. The smallest absolute Gasteiger partial charge is 0.170 e. The highest BCUT2D eigenvalue weighted by atomic mass is 32.1. The Labute approximate surface area is 188 Å². The van der Waals surface area contributed by atoms with Crippen LogP contribution in [0.1, 0.15) is 47.6 Å². The van der Waals surface area contributed by atoms with Crippen molar-refractivity contribution < 1.29 is 4.74 Å². The van der Waals surface area contributed by atoms with Gasteiger partial charge in [-0.2, -0.15) is 0 Å². The number of aromatic nitrogens is 3. The van der Waals surface area contributed by atoms with Gasteiger partial charge in [0, 0.05) is 36.9 Å². The van der Waals surface area contributed by atoms with Crippen molar-refractivity contribution in [3.63, 3.8) is 0 Å². The Morgan fingerprint density at radius 1 is 1.19 bits per heavy atom. The Morgan fingerprint density at radius 2 is 2.10 bits per heavy atom. The third-order valence-electron chi connectivity index (χ3n) is 6.32. The zero-order valence-electron chi connectivity index (χ0n) is 17.9. The third-order valence-corrected chi connectivity index (χ3v) is 6.67. The molecule has 3 aromatic heterocycles. The summed E-state index contributed by atoms with van der Waals surface area (Å²) < 4.78 is 8.23. The van der Waals surface area contributed by atoms with Gasteiger partial charge in [-0.1, -0.05) is 6.07 Å². The molecule has 0 saturated carbocycles. The highest BCUT2D eigenvalue weighted by Crippen LogP contribution is 2.41. The van der Waals surface area contributed by atoms with E-state index in [4.69, 9.17) is 17.0 Å². The lowest BCUT2D eigenvalue weighted by atomic mass is 9.96. The van der Waals surface area contributed by atoms with Crippen LogP contribution in [0.2, 0.25) is 0 Å². The molecule has 160 valence electrons. The summed E-state index contributed by atoms with van der Waals surface area (Å²) in [6.45, 7) is 5.94. The predicted octanol–water partition coefficient (Wildman–Crippen LogP) is 4.04. The molecule has 31 heavy (non-hydrogen) atoms. The van der Waals surface area contributed by atoms with Crippen molar-refractivity contribution in [3.8, 4) is 5.69 Å². The monoisotopic (exact) mass is 433 g/mol. The fraction of sp³-hybridized carbons (Fsp3) is 0.375. The predicted molar refractivity (Wildman–Crippen MR) is 124 cm³/mol. The first-order chi connectivity index (χ1) is 15.1. The SMILES string of the molecule is Cc1cc(C2C(c3ccccn3)NC(=S)N2CC2CCCO2)c(C)n1-c1cccnc1. The van der Waals surface area contributed by atoms with Crippen LogP contribution in [0.15, 0.2) is 55.0 Å². The summed E-state index contributed by atoms with van der Waals surface area (Å²) in [5.41, 5.74) is 5.69. The molecular formula is C24H27N5OS. The molecule has 2 aliphatic rings. The zero-order valence-corrected chi connectivity index (χ0v) is 18.7. The van der Waals surface area contributed by atoms with E-state index in [0.29, 0.717) is 0 Å². The lowest BCUT2D eigenvalue weighted by Crippen LogP contribution is -2.36. The first kappa shape index (κ1) is 20.2. The van der Waals surface area contributed by atoms with Gasteiger partial charge in [0.05, 0.1) is 35.8 Å². The van der Waals surface area contributed by atoms with E-state index in [1.807, 2.05) is 30.6 Å². The minimum absolute atomic E-state index is 0.0158. The van der Waals surface area contributed by atoms with Crippen molar-refractivity contribution >= 4 is 17.3 Å². The topological polar surface area (TPSA) is 55.2 Å². The Bertz CT molecular complexity index is 1060. The second kappa shape index (κ2) is 8.40. The van der Waals surface area contributed by atoms with Gasteiger partial charge in [-0.15, -0.1) is 0 Å². The van der Waals surface area contributed by atoms with E-state index in [-0.39, 0.29) is 18.2 Å². The molecule has 0 spiro atoms. The molecule has 3 atom stereocenters. The Morgan fingerprint density at radius 3 is 2.81 bits per heavy atom. The van der Waals surface area contributed by atoms with Crippen LogP contribution in [0.4, 0.5) is 0 Å². The van der Waals surface area contributed by atoms with Crippen LogP contribution in [0.5, 0.6) is 0 Å². The average Bonchev–Trinajstić information content (AvgIpc) is 3.49. The van der Waals surface area contributed by atoms with Crippen LogP contribution in [0.3, 0.4) is 0 Å². The fourth-order valence-electron chi connectivity index (χ4n) is 4.92. The van der Waals surface area contributed by atoms with Gasteiger partial charge < -0.3 is 19.5 Å². The average molecular weight is 434 g/mol. The largest absolute Gasteiger partial charge is 0.376 e. The van der Waals surface area contributed by atoms with Crippen LogP contribution in [0.25, 0.3) is 5.69 Å². The van der Waals surface area contributed by atoms with Gasteiger partial charge in [-0.3, -0.25) is 9.97 Å². The molecule has 6 nitrogen and oxygen atoms in total. The van der Waals surface area contributed by atoms with Crippen molar-refractivity contribution in [2.75, 3.05) is 13.2 Å². The number of rotatable bonds is 5. The molecule has 0 bridgehead atoms. The van der Waals surface area contributed by atoms with E-state index in [9.17, 15) is 0 Å². The summed E-state index contributed by atoms with van der Waals surface area (Å²) in [5, 5.41) is 4.32. The van der Waals surface area contributed by atoms with Crippen LogP contribution in [-0.2, 0) is 4.74 Å². The molecular weight excluding hydrogens is 406 g/mol. The maximum atomic E-state index is 5.96. The van der Waals surface area contributed by atoms with Gasteiger partial charge in [-0.25, -0.2) is 0 Å². The van der Waals surface area contributed by atoms with Crippen molar-refractivity contribution in [1.82, 2.24) is 24.8 Å². The second-order valence-corrected chi connectivity index (χ2v) is 8.67. The van der Waals surface area contributed by atoms with Gasteiger partial charge in [0.25, 0.3) is 0 Å². The Kier molecular flexibility index (Phi) is 5.46. The van der Waals surface area contributed by atoms with Gasteiger partial charge in [0.15, 0.2) is 5.11 Å². The molecule has 2 fully saturated rings. The van der Waals surface area contributed by atoms with Gasteiger partial charge in [0.2, 0.25) is 0 Å². The molecule has 2 saturated heterocycles. The summed E-state index contributed by atoms with van der Waals surface area (Å²) in [5.74, 6) is 0. The molecule has 3 unspecified atom stereocenters. The van der Waals surface area contributed by atoms with E-state index in [2.05, 4.69) is 56.8 Å². The lowest BCUT2D eigenvalue weighted by molar-refractivity contribution is 0.0842. The number of thiocarbonyl (C=S) groups is 1. The molecule has 0 radical (unpaired) electrons. The van der Waals surface area contributed by atoms with Gasteiger partial charge >= 0.3 is 0 Å². The lowest BCUT2D eigenvalue weighted by Gasteiger charge is -2.30.